The fraction of sp³-hybridized carbons (Fsp3) is 0.235. The van der Waals surface area contributed by atoms with E-state index in [1.807, 2.05) is 0 Å². The molecule has 0 amide bonds. The molecule has 0 atom stereocenters. The van der Waals surface area contributed by atoms with Crippen LogP contribution in [-0.2, 0) is 17.1 Å². The highest BCUT2D eigenvalue weighted by Crippen LogP contribution is 2.23. The minimum Gasteiger partial charge on any atom is -0.368 e. The summed E-state index contributed by atoms with van der Waals surface area (Å²) in [6.07, 6.45) is 2.07. The molecule has 3 rings (SSSR count). The lowest BCUT2D eigenvalue weighted by Crippen LogP contribution is -2.20. The molecule has 2 heterocycles. The first-order valence-electron chi connectivity index (χ1n) is 8.04. The fourth-order valence-electron chi connectivity index (χ4n) is 2.72. The monoisotopic (exact) mass is 373 g/mol. The summed E-state index contributed by atoms with van der Waals surface area (Å²) >= 11 is 0. The first-order chi connectivity index (χ1) is 12.3. The predicted molar refractivity (Wildman–Crippen MR) is 102 cm³/mol. The number of benzene rings is 1. The van der Waals surface area contributed by atoms with Gasteiger partial charge < -0.3 is 5.73 Å². The molecule has 0 bridgehead atoms. The molecule has 8 nitrogen and oxygen atoms in total. The average Bonchev–Trinajstić information content (AvgIpc) is 2.58. The highest BCUT2D eigenvalue weighted by atomic mass is 32.2. The molecule has 1 aromatic carbocycles. The van der Waals surface area contributed by atoms with E-state index in [1.165, 1.54) is 4.57 Å². The maximum Gasteiger partial charge on any atom is 0.259 e. The molecule has 0 aliphatic heterocycles. The van der Waals surface area contributed by atoms with Gasteiger partial charge in [-0.15, -0.1) is 0 Å². The minimum absolute atomic E-state index is 0.0354. The van der Waals surface area contributed by atoms with Gasteiger partial charge in [0.15, 0.2) is 0 Å². The van der Waals surface area contributed by atoms with Crippen LogP contribution in [-0.4, -0.2) is 28.7 Å². The highest BCUT2D eigenvalue weighted by Gasteiger charge is 2.13. The minimum atomic E-state index is -3.41. The third-order valence-corrected chi connectivity index (χ3v) is 5.38. The van der Waals surface area contributed by atoms with Gasteiger partial charge in [-0.3, -0.25) is 14.1 Å². The number of nitrogens with zero attached hydrogens (tertiary/aromatic N) is 3. The van der Waals surface area contributed by atoms with Gasteiger partial charge in [-0.05, 0) is 30.2 Å². The summed E-state index contributed by atoms with van der Waals surface area (Å²) in [4.78, 5) is 20.8. The summed E-state index contributed by atoms with van der Waals surface area (Å²) in [5, 5.41) is 0.660. The number of nitrogen functional groups attached to an aromatic ring is 1. The smallest absolute Gasteiger partial charge is 0.259 e. The molecular formula is C17H19N5O3S. The Balaban J connectivity index is 2.10. The van der Waals surface area contributed by atoms with Crippen molar-refractivity contribution < 1.29 is 8.42 Å². The summed E-state index contributed by atoms with van der Waals surface area (Å²) in [7, 11) is -1.80. The molecule has 0 spiro atoms. The van der Waals surface area contributed by atoms with Crippen LogP contribution in [0.3, 0.4) is 0 Å². The van der Waals surface area contributed by atoms with Crippen molar-refractivity contribution in [2.75, 3.05) is 16.2 Å². The number of pyridine rings is 1. The van der Waals surface area contributed by atoms with Crippen LogP contribution < -0.4 is 16.0 Å². The van der Waals surface area contributed by atoms with Gasteiger partial charge in [0.1, 0.15) is 5.65 Å². The molecule has 0 saturated heterocycles. The van der Waals surface area contributed by atoms with Crippen LogP contribution in [0.15, 0.2) is 41.3 Å². The molecule has 9 heteroatoms. The number of sulfonamides is 1. The maximum absolute atomic E-state index is 12.7. The highest BCUT2D eigenvalue weighted by molar-refractivity contribution is 7.92. The van der Waals surface area contributed by atoms with Gasteiger partial charge in [-0.1, -0.05) is 19.1 Å². The van der Waals surface area contributed by atoms with Crippen LogP contribution in [0.25, 0.3) is 22.2 Å². The number of fused-ring (bicyclic) bond motifs is 1. The van der Waals surface area contributed by atoms with E-state index < -0.39 is 10.0 Å². The van der Waals surface area contributed by atoms with Gasteiger partial charge >= 0.3 is 0 Å². The van der Waals surface area contributed by atoms with E-state index in [-0.39, 0.29) is 17.3 Å². The zero-order valence-electron chi connectivity index (χ0n) is 14.4. The van der Waals surface area contributed by atoms with Crippen molar-refractivity contribution in [1.82, 2.24) is 14.5 Å². The van der Waals surface area contributed by atoms with E-state index in [9.17, 15) is 13.2 Å². The Labute approximate surface area is 150 Å². The molecule has 0 radical (unpaired) electrons. The molecule has 0 saturated carbocycles. The number of nitrogens with two attached hydrogens (primary N) is 1. The molecule has 26 heavy (non-hydrogen) atoms. The summed E-state index contributed by atoms with van der Waals surface area (Å²) < 4.78 is 27.9. The number of rotatable bonds is 5. The van der Waals surface area contributed by atoms with E-state index >= 15 is 0 Å². The van der Waals surface area contributed by atoms with Crippen LogP contribution in [0.2, 0.25) is 0 Å². The van der Waals surface area contributed by atoms with Crippen molar-refractivity contribution in [2.45, 2.75) is 13.3 Å². The Morgan fingerprint density at radius 3 is 2.77 bits per heavy atom. The van der Waals surface area contributed by atoms with Crippen LogP contribution in [0, 0.1) is 0 Å². The number of hydrogen-bond acceptors (Lipinski definition) is 6. The van der Waals surface area contributed by atoms with Crippen molar-refractivity contribution in [3.63, 3.8) is 0 Å². The molecule has 3 aromatic rings. The van der Waals surface area contributed by atoms with Gasteiger partial charge in [0.2, 0.25) is 16.0 Å². The zero-order valence-corrected chi connectivity index (χ0v) is 15.2. The SMILES string of the molecule is CCCS(=O)(=O)Nc1cccc(-c2cc3cnc(N)nc3n(C)c2=O)c1. The molecule has 0 aliphatic carbocycles. The van der Waals surface area contributed by atoms with E-state index in [0.29, 0.717) is 34.3 Å². The van der Waals surface area contributed by atoms with Gasteiger partial charge in [0.25, 0.3) is 5.56 Å². The van der Waals surface area contributed by atoms with E-state index in [0.717, 1.165) is 0 Å². The summed E-state index contributed by atoms with van der Waals surface area (Å²) in [6.45, 7) is 1.79. The van der Waals surface area contributed by atoms with Gasteiger partial charge in [-0.25, -0.2) is 13.4 Å². The largest absolute Gasteiger partial charge is 0.368 e. The topological polar surface area (TPSA) is 120 Å². The van der Waals surface area contributed by atoms with E-state index in [4.69, 9.17) is 5.73 Å². The zero-order chi connectivity index (χ0) is 18.9. The Morgan fingerprint density at radius 1 is 1.27 bits per heavy atom. The predicted octanol–water partition coefficient (Wildman–Crippen LogP) is 1.73. The molecular weight excluding hydrogens is 354 g/mol. The molecule has 3 N–H and O–H groups in total. The van der Waals surface area contributed by atoms with Crippen LogP contribution in [0.4, 0.5) is 11.6 Å². The number of aryl methyl sites for hydroxylation is 1. The Hall–Kier alpha value is -2.94. The van der Waals surface area contributed by atoms with E-state index in [2.05, 4.69) is 14.7 Å². The second-order valence-electron chi connectivity index (χ2n) is 5.93. The standard InChI is InChI=1S/C17H19N5O3S/c1-3-7-26(24,25)21-13-6-4-5-11(8-13)14-9-12-10-19-17(18)20-15(12)22(2)16(14)23/h4-6,8-10,21H,3,7H2,1-2H3,(H2,18,19,20). The number of aromatic nitrogens is 3. The van der Waals surface area contributed by atoms with Crippen molar-refractivity contribution in [2.24, 2.45) is 7.05 Å². The summed E-state index contributed by atoms with van der Waals surface area (Å²) in [6, 6.07) is 8.40. The lowest BCUT2D eigenvalue weighted by atomic mass is 10.1. The number of hydrogen-bond donors (Lipinski definition) is 2. The Morgan fingerprint density at radius 2 is 2.04 bits per heavy atom. The lowest BCUT2D eigenvalue weighted by Gasteiger charge is -2.11. The van der Waals surface area contributed by atoms with Crippen LogP contribution in [0.1, 0.15) is 13.3 Å². The fourth-order valence-corrected chi connectivity index (χ4v) is 3.84. The third-order valence-electron chi connectivity index (χ3n) is 3.89. The number of anilines is 2. The van der Waals surface area contributed by atoms with Gasteiger partial charge in [-0.2, -0.15) is 4.98 Å². The first kappa shape index (κ1) is 17.9. The quantitative estimate of drug-likeness (QED) is 0.703. The van der Waals surface area contributed by atoms with Crippen LogP contribution in [0.5, 0.6) is 0 Å². The van der Waals surface area contributed by atoms with E-state index in [1.54, 1.807) is 50.5 Å². The molecule has 136 valence electrons. The molecule has 0 unspecified atom stereocenters. The summed E-state index contributed by atoms with van der Waals surface area (Å²) in [5.41, 5.74) is 7.20. The van der Waals surface area contributed by atoms with Crippen LogP contribution >= 0.6 is 0 Å². The molecule has 2 aromatic heterocycles. The summed E-state index contributed by atoms with van der Waals surface area (Å²) in [5.74, 6) is 0.126. The lowest BCUT2D eigenvalue weighted by molar-refractivity contribution is 0.600. The second kappa shape index (κ2) is 6.75. The first-order valence-corrected chi connectivity index (χ1v) is 9.69. The van der Waals surface area contributed by atoms with Crippen molar-refractivity contribution in [3.8, 4) is 11.1 Å². The van der Waals surface area contributed by atoms with Crippen molar-refractivity contribution >= 4 is 32.7 Å². The second-order valence-corrected chi connectivity index (χ2v) is 7.77. The Kier molecular flexibility index (Phi) is 4.64. The average molecular weight is 373 g/mol. The van der Waals surface area contributed by atoms with Gasteiger partial charge in [0.05, 0.1) is 5.75 Å². The van der Waals surface area contributed by atoms with Gasteiger partial charge in [0, 0.05) is 29.9 Å². The normalized spacial score (nSPS) is 11.6. The number of nitrogens with one attached hydrogen (secondary N) is 1. The van der Waals surface area contributed by atoms with Crippen molar-refractivity contribution in [3.05, 3.63) is 46.9 Å². The van der Waals surface area contributed by atoms with Crippen molar-refractivity contribution in [1.29, 1.82) is 0 Å². The molecule has 0 aliphatic rings. The Bertz CT molecular complexity index is 1140. The third kappa shape index (κ3) is 3.52. The molecule has 0 fully saturated rings. The maximum atomic E-state index is 12.7.